The summed E-state index contributed by atoms with van der Waals surface area (Å²) in [5.41, 5.74) is 1.37. The van der Waals surface area contributed by atoms with E-state index in [4.69, 9.17) is 0 Å². The fourth-order valence-electron chi connectivity index (χ4n) is 2.26. The first kappa shape index (κ1) is 17.9. The predicted molar refractivity (Wildman–Crippen MR) is 89.5 cm³/mol. The summed E-state index contributed by atoms with van der Waals surface area (Å²) in [4.78, 5) is 11.7. The Morgan fingerprint density at radius 2 is 1.76 bits per heavy atom. The highest BCUT2D eigenvalue weighted by atomic mass is 16.1. The molecule has 0 aliphatic carbocycles. The predicted octanol–water partition coefficient (Wildman–Crippen LogP) is 2.80. The number of rotatable bonds is 8. The van der Waals surface area contributed by atoms with Crippen LogP contribution in [-0.2, 0) is 11.2 Å². The molecule has 0 heterocycles. The molecule has 21 heavy (non-hydrogen) atoms. The first-order valence-electron chi connectivity index (χ1n) is 7.83. The standard InChI is InChI=1S/C18H30N2O/c1-14(2)17(21)13-19-12-16(20-18(3,4)5)11-15-9-7-6-8-10-15/h6-10,14,16,19-20H,11-13H2,1-5H3/t16-/m0/s1. The Hall–Kier alpha value is -1.19. The number of benzene rings is 1. The van der Waals surface area contributed by atoms with Crippen LogP contribution in [0.5, 0.6) is 0 Å². The lowest BCUT2D eigenvalue weighted by molar-refractivity contribution is -0.121. The Bertz CT molecular complexity index is 421. The SMILES string of the molecule is CC(C)C(=O)CNC[C@H](Cc1ccccc1)NC(C)(C)C. The molecule has 3 nitrogen and oxygen atoms in total. The number of ketones is 1. The van der Waals surface area contributed by atoms with Crippen LogP contribution in [0, 0.1) is 5.92 Å². The van der Waals surface area contributed by atoms with Crippen LogP contribution in [0.25, 0.3) is 0 Å². The minimum Gasteiger partial charge on any atom is -0.308 e. The third kappa shape index (κ3) is 7.98. The fourth-order valence-corrected chi connectivity index (χ4v) is 2.26. The van der Waals surface area contributed by atoms with Gasteiger partial charge in [0.05, 0.1) is 6.54 Å². The molecular weight excluding hydrogens is 260 g/mol. The van der Waals surface area contributed by atoms with Crippen molar-refractivity contribution in [2.75, 3.05) is 13.1 Å². The molecule has 118 valence electrons. The average Bonchev–Trinajstić information content (AvgIpc) is 2.37. The zero-order valence-corrected chi connectivity index (χ0v) is 14.1. The van der Waals surface area contributed by atoms with Gasteiger partial charge in [0, 0.05) is 24.0 Å². The summed E-state index contributed by atoms with van der Waals surface area (Å²) in [6.45, 7) is 11.6. The van der Waals surface area contributed by atoms with E-state index in [0.29, 0.717) is 12.6 Å². The molecule has 1 aromatic carbocycles. The van der Waals surface area contributed by atoms with Gasteiger partial charge in [0.2, 0.25) is 0 Å². The largest absolute Gasteiger partial charge is 0.308 e. The van der Waals surface area contributed by atoms with E-state index in [1.54, 1.807) is 0 Å². The van der Waals surface area contributed by atoms with Gasteiger partial charge in [0.25, 0.3) is 0 Å². The van der Waals surface area contributed by atoms with Crippen LogP contribution in [0.3, 0.4) is 0 Å². The van der Waals surface area contributed by atoms with Gasteiger partial charge in [-0.25, -0.2) is 0 Å². The number of hydrogen-bond acceptors (Lipinski definition) is 3. The summed E-state index contributed by atoms with van der Waals surface area (Å²) in [7, 11) is 0. The van der Waals surface area contributed by atoms with Crippen LogP contribution in [0.1, 0.15) is 40.2 Å². The lowest BCUT2D eigenvalue weighted by Crippen LogP contribution is -2.50. The monoisotopic (exact) mass is 290 g/mol. The summed E-state index contributed by atoms with van der Waals surface area (Å²) >= 11 is 0. The van der Waals surface area contributed by atoms with Crippen molar-refractivity contribution in [2.24, 2.45) is 5.92 Å². The minimum absolute atomic E-state index is 0.0587. The molecule has 0 aromatic heterocycles. The van der Waals surface area contributed by atoms with Gasteiger partial charge in [0.15, 0.2) is 0 Å². The molecule has 2 N–H and O–H groups in total. The second-order valence-corrected chi connectivity index (χ2v) is 7.03. The summed E-state index contributed by atoms with van der Waals surface area (Å²) in [5.74, 6) is 0.366. The van der Waals surface area contributed by atoms with Crippen LogP contribution >= 0.6 is 0 Å². The molecule has 0 aliphatic rings. The molecule has 1 atom stereocenters. The minimum atomic E-state index is 0.0587. The maximum atomic E-state index is 11.7. The molecule has 0 saturated carbocycles. The van der Waals surface area contributed by atoms with E-state index in [1.807, 2.05) is 19.9 Å². The van der Waals surface area contributed by atoms with Gasteiger partial charge in [0.1, 0.15) is 5.78 Å². The third-order valence-electron chi connectivity index (χ3n) is 3.30. The maximum Gasteiger partial charge on any atom is 0.149 e. The molecule has 1 aromatic rings. The van der Waals surface area contributed by atoms with Crippen LogP contribution in [-0.4, -0.2) is 30.5 Å². The number of nitrogens with one attached hydrogen (secondary N) is 2. The molecule has 0 unspecified atom stereocenters. The number of carbonyl (C=O) groups excluding carboxylic acids is 1. The summed E-state index contributed by atoms with van der Waals surface area (Å²) in [6, 6.07) is 10.8. The van der Waals surface area contributed by atoms with Crippen LogP contribution in [0.2, 0.25) is 0 Å². The van der Waals surface area contributed by atoms with Gasteiger partial charge >= 0.3 is 0 Å². The van der Waals surface area contributed by atoms with Crippen LogP contribution in [0.4, 0.5) is 0 Å². The van der Waals surface area contributed by atoms with Crippen LogP contribution in [0.15, 0.2) is 30.3 Å². The van der Waals surface area contributed by atoms with E-state index in [0.717, 1.165) is 13.0 Å². The average molecular weight is 290 g/mol. The van der Waals surface area contributed by atoms with Crippen molar-refractivity contribution in [1.82, 2.24) is 10.6 Å². The molecule has 1 rings (SSSR count). The Morgan fingerprint density at radius 1 is 1.14 bits per heavy atom. The summed E-state index contributed by atoms with van der Waals surface area (Å²) < 4.78 is 0. The van der Waals surface area contributed by atoms with Gasteiger partial charge in [-0.3, -0.25) is 4.79 Å². The molecule has 0 aliphatic heterocycles. The van der Waals surface area contributed by atoms with Gasteiger partial charge in [-0.15, -0.1) is 0 Å². The van der Waals surface area contributed by atoms with Crippen molar-refractivity contribution in [1.29, 1.82) is 0 Å². The molecule has 3 heteroatoms. The Kier molecular flexibility index (Phi) is 7.06. The van der Waals surface area contributed by atoms with Gasteiger partial charge in [-0.2, -0.15) is 0 Å². The van der Waals surface area contributed by atoms with Crippen molar-refractivity contribution in [3.8, 4) is 0 Å². The normalized spacial score (nSPS) is 13.4. The van der Waals surface area contributed by atoms with E-state index < -0.39 is 0 Å². The highest BCUT2D eigenvalue weighted by Crippen LogP contribution is 2.07. The molecular formula is C18H30N2O. The van der Waals surface area contributed by atoms with E-state index >= 15 is 0 Å². The van der Waals surface area contributed by atoms with Crippen molar-refractivity contribution in [2.45, 2.75) is 52.6 Å². The molecule has 0 amide bonds. The second kappa shape index (κ2) is 8.30. The van der Waals surface area contributed by atoms with Crippen LogP contribution < -0.4 is 10.6 Å². The van der Waals surface area contributed by atoms with Crippen molar-refractivity contribution >= 4 is 5.78 Å². The first-order chi connectivity index (χ1) is 9.78. The zero-order valence-electron chi connectivity index (χ0n) is 14.1. The van der Waals surface area contributed by atoms with Crippen molar-refractivity contribution in [3.05, 3.63) is 35.9 Å². The Labute approximate surface area is 129 Å². The smallest absolute Gasteiger partial charge is 0.149 e. The van der Waals surface area contributed by atoms with Gasteiger partial charge < -0.3 is 10.6 Å². The summed E-state index contributed by atoms with van der Waals surface area (Å²) in [5, 5.41) is 6.93. The van der Waals surface area contributed by atoms with Crippen molar-refractivity contribution in [3.63, 3.8) is 0 Å². The third-order valence-corrected chi connectivity index (χ3v) is 3.30. The molecule has 0 fully saturated rings. The quantitative estimate of drug-likeness (QED) is 0.773. The Morgan fingerprint density at radius 3 is 2.29 bits per heavy atom. The lowest BCUT2D eigenvalue weighted by atomic mass is 10.0. The topological polar surface area (TPSA) is 41.1 Å². The summed E-state index contributed by atoms with van der Waals surface area (Å²) in [6.07, 6.45) is 0.959. The molecule has 0 spiro atoms. The van der Waals surface area contributed by atoms with E-state index in [9.17, 15) is 4.79 Å². The lowest BCUT2D eigenvalue weighted by Gasteiger charge is -2.29. The highest BCUT2D eigenvalue weighted by molar-refractivity contribution is 5.82. The van der Waals surface area contributed by atoms with Crippen molar-refractivity contribution < 1.29 is 4.79 Å². The molecule has 0 radical (unpaired) electrons. The Balaban J connectivity index is 2.55. The highest BCUT2D eigenvalue weighted by Gasteiger charge is 2.18. The fraction of sp³-hybridized carbons (Fsp3) is 0.611. The number of Topliss-reactive ketones (excluding diaryl/α,β-unsaturated/α-hetero) is 1. The van der Waals surface area contributed by atoms with E-state index in [1.165, 1.54) is 5.56 Å². The van der Waals surface area contributed by atoms with E-state index in [2.05, 4.69) is 55.7 Å². The molecule has 0 bridgehead atoms. The van der Waals surface area contributed by atoms with Gasteiger partial charge in [-0.05, 0) is 32.8 Å². The first-order valence-corrected chi connectivity index (χ1v) is 7.83. The maximum absolute atomic E-state index is 11.7. The number of carbonyl (C=O) groups is 1. The van der Waals surface area contributed by atoms with Gasteiger partial charge in [-0.1, -0.05) is 44.2 Å². The molecule has 0 saturated heterocycles. The second-order valence-electron chi connectivity index (χ2n) is 7.03. The zero-order chi connectivity index (χ0) is 15.9. The number of hydrogen-bond donors (Lipinski definition) is 2. The van der Waals surface area contributed by atoms with E-state index in [-0.39, 0.29) is 17.2 Å².